The highest BCUT2D eigenvalue weighted by Gasteiger charge is 2.30. The molecule has 2 heterocycles. The summed E-state index contributed by atoms with van der Waals surface area (Å²) in [5, 5.41) is 0. The molecule has 0 saturated carbocycles. The van der Waals surface area contributed by atoms with Crippen LogP contribution in [-0.2, 0) is 4.79 Å². The van der Waals surface area contributed by atoms with Gasteiger partial charge in [-0.25, -0.2) is 4.98 Å². The van der Waals surface area contributed by atoms with E-state index in [9.17, 15) is 4.79 Å². The second-order valence-corrected chi connectivity index (χ2v) is 6.91. The monoisotopic (exact) mass is 355 g/mol. The minimum Gasteiger partial charge on any atom is -0.497 e. The summed E-state index contributed by atoms with van der Waals surface area (Å²) in [6.45, 7) is 7.21. The Morgan fingerprint density at radius 1 is 1.23 bits per heavy atom. The van der Waals surface area contributed by atoms with E-state index in [-0.39, 0.29) is 17.7 Å². The molecule has 1 aromatic carbocycles. The van der Waals surface area contributed by atoms with Crippen LogP contribution in [-0.4, -0.2) is 41.0 Å². The van der Waals surface area contributed by atoms with Crippen LogP contribution in [0.5, 0.6) is 17.4 Å². The van der Waals surface area contributed by atoms with Gasteiger partial charge in [0.2, 0.25) is 11.8 Å². The maximum atomic E-state index is 12.2. The molecule has 6 heteroatoms. The van der Waals surface area contributed by atoms with Crippen molar-refractivity contribution in [2.75, 3.05) is 20.2 Å². The normalized spacial score (nSPS) is 16.8. The lowest BCUT2D eigenvalue weighted by Crippen LogP contribution is -2.32. The van der Waals surface area contributed by atoms with Gasteiger partial charge in [-0.1, -0.05) is 19.9 Å². The van der Waals surface area contributed by atoms with Crippen molar-refractivity contribution >= 4 is 5.91 Å². The van der Waals surface area contributed by atoms with Crippen LogP contribution in [0.4, 0.5) is 0 Å². The van der Waals surface area contributed by atoms with Crippen LogP contribution in [0.1, 0.15) is 37.7 Å². The van der Waals surface area contributed by atoms with Crippen molar-refractivity contribution in [2.45, 2.75) is 33.1 Å². The Hall–Kier alpha value is -2.63. The summed E-state index contributed by atoms with van der Waals surface area (Å²) in [5.41, 5.74) is 0.849. The Balaban J connectivity index is 1.77. The number of carbonyl (C=O) groups excluding carboxylic acids is 1. The molecule has 138 valence electrons. The summed E-state index contributed by atoms with van der Waals surface area (Å²) in [7, 11) is 1.62. The van der Waals surface area contributed by atoms with Gasteiger partial charge in [0, 0.05) is 42.8 Å². The maximum absolute atomic E-state index is 12.2. The van der Waals surface area contributed by atoms with Crippen LogP contribution in [0.15, 0.2) is 30.3 Å². The zero-order chi connectivity index (χ0) is 18.7. The van der Waals surface area contributed by atoms with Crippen molar-refractivity contribution in [2.24, 2.45) is 5.92 Å². The summed E-state index contributed by atoms with van der Waals surface area (Å²) in [6, 6.07) is 9.22. The third-order valence-electron chi connectivity index (χ3n) is 4.47. The highest BCUT2D eigenvalue weighted by Crippen LogP contribution is 2.29. The van der Waals surface area contributed by atoms with Gasteiger partial charge in [-0.05, 0) is 25.5 Å². The lowest BCUT2D eigenvalue weighted by molar-refractivity contribution is -0.133. The lowest BCUT2D eigenvalue weighted by Gasteiger charge is -2.18. The Bertz CT molecular complexity index is 792. The van der Waals surface area contributed by atoms with Crippen LogP contribution in [0.3, 0.4) is 0 Å². The van der Waals surface area contributed by atoms with Gasteiger partial charge in [0.25, 0.3) is 0 Å². The van der Waals surface area contributed by atoms with Crippen molar-refractivity contribution in [1.82, 2.24) is 14.9 Å². The first-order valence-electron chi connectivity index (χ1n) is 8.92. The number of rotatable bonds is 5. The van der Waals surface area contributed by atoms with Gasteiger partial charge >= 0.3 is 0 Å². The zero-order valence-corrected chi connectivity index (χ0v) is 15.7. The van der Waals surface area contributed by atoms with E-state index >= 15 is 0 Å². The van der Waals surface area contributed by atoms with E-state index in [2.05, 4.69) is 9.97 Å². The maximum Gasteiger partial charge on any atom is 0.225 e. The van der Waals surface area contributed by atoms with Crippen molar-refractivity contribution in [3.05, 3.63) is 41.9 Å². The smallest absolute Gasteiger partial charge is 0.225 e. The van der Waals surface area contributed by atoms with E-state index in [1.165, 1.54) is 0 Å². The molecule has 0 bridgehead atoms. The molecule has 1 saturated heterocycles. The second-order valence-electron chi connectivity index (χ2n) is 6.91. The molecule has 1 fully saturated rings. The number of benzene rings is 1. The van der Waals surface area contributed by atoms with Crippen LogP contribution in [0.2, 0.25) is 0 Å². The first-order valence-corrected chi connectivity index (χ1v) is 8.92. The van der Waals surface area contributed by atoms with Crippen molar-refractivity contribution in [1.29, 1.82) is 0 Å². The molecule has 1 atom stereocenters. The first-order chi connectivity index (χ1) is 12.5. The molecule has 1 aromatic heterocycles. The fourth-order valence-corrected chi connectivity index (χ4v) is 3.12. The fraction of sp³-hybridized carbons (Fsp3) is 0.450. The van der Waals surface area contributed by atoms with Crippen molar-refractivity contribution in [3.8, 4) is 17.4 Å². The van der Waals surface area contributed by atoms with E-state index < -0.39 is 0 Å². The average Bonchev–Trinajstić information content (AvgIpc) is 3.10. The van der Waals surface area contributed by atoms with E-state index in [1.807, 2.05) is 56.0 Å². The number of likely N-dealkylation sites (tertiary alicyclic amines) is 1. The van der Waals surface area contributed by atoms with E-state index in [1.54, 1.807) is 7.11 Å². The number of methoxy groups -OCH3 is 1. The quantitative estimate of drug-likeness (QED) is 0.820. The molecule has 1 amide bonds. The van der Waals surface area contributed by atoms with Gasteiger partial charge in [-0.2, -0.15) is 4.98 Å². The van der Waals surface area contributed by atoms with Gasteiger partial charge < -0.3 is 14.4 Å². The number of hydrogen-bond acceptors (Lipinski definition) is 5. The minimum atomic E-state index is 0.0131. The minimum absolute atomic E-state index is 0.0131. The first kappa shape index (κ1) is 18.2. The standard InChI is InChI=1S/C20H25N3O3/c1-13(2)20(24)23-9-8-15(12-23)19-21-14(3)10-18(22-19)26-17-7-5-6-16(11-17)25-4/h5-7,10-11,13,15H,8-9,12H2,1-4H3/t15-/m1/s1. The molecule has 1 aliphatic rings. The Labute approximate surface area is 154 Å². The molecule has 0 aliphatic carbocycles. The number of aromatic nitrogens is 2. The number of aryl methyl sites for hydroxylation is 1. The van der Waals surface area contributed by atoms with E-state index in [0.717, 1.165) is 30.2 Å². The molecule has 1 aliphatic heterocycles. The average molecular weight is 355 g/mol. The summed E-state index contributed by atoms with van der Waals surface area (Å²) in [6.07, 6.45) is 0.876. The molecule has 0 N–H and O–H groups in total. The van der Waals surface area contributed by atoms with Gasteiger partial charge in [0.15, 0.2) is 0 Å². The fourth-order valence-electron chi connectivity index (χ4n) is 3.12. The molecule has 26 heavy (non-hydrogen) atoms. The predicted octanol–water partition coefficient (Wildman–Crippen LogP) is 3.56. The van der Waals surface area contributed by atoms with Crippen molar-refractivity contribution < 1.29 is 14.3 Å². The lowest BCUT2D eigenvalue weighted by atomic mass is 10.1. The predicted molar refractivity (Wildman–Crippen MR) is 98.6 cm³/mol. The third-order valence-corrected chi connectivity index (χ3v) is 4.47. The molecule has 6 nitrogen and oxygen atoms in total. The summed E-state index contributed by atoms with van der Waals surface area (Å²) in [5.74, 6) is 2.98. The number of nitrogens with zero attached hydrogens (tertiary/aromatic N) is 3. The molecular weight excluding hydrogens is 330 g/mol. The molecule has 0 radical (unpaired) electrons. The van der Waals surface area contributed by atoms with Crippen molar-refractivity contribution in [3.63, 3.8) is 0 Å². The van der Waals surface area contributed by atoms with Gasteiger partial charge in [0.05, 0.1) is 7.11 Å². The number of hydrogen-bond donors (Lipinski definition) is 0. The van der Waals surface area contributed by atoms with Crippen LogP contribution in [0, 0.1) is 12.8 Å². The second kappa shape index (κ2) is 7.72. The van der Waals surface area contributed by atoms with E-state index in [0.29, 0.717) is 18.2 Å². The Morgan fingerprint density at radius 3 is 2.73 bits per heavy atom. The number of ether oxygens (including phenoxy) is 2. The molecule has 2 aromatic rings. The Morgan fingerprint density at radius 2 is 2.00 bits per heavy atom. The van der Waals surface area contributed by atoms with Crippen LogP contribution in [0.25, 0.3) is 0 Å². The topological polar surface area (TPSA) is 64.6 Å². The van der Waals surface area contributed by atoms with Crippen LogP contribution < -0.4 is 9.47 Å². The molecule has 3 rings (SSSR count). The van der Waals surface area contributed by atoms with Crippen LogP contribution >= 0.6 is 0 Å². The number of carbonyl (C=O) groups is 1. The summed E-state index contributed by atoms with van der Waals surface area (Å²) in [4.78, 5) is 23.3. The number of amides is 1. The molecule has 0 unspecified atom stereocenters. The highest BCUT2D eigenvalue weighted by molar-refractivity contribution is 5.78. The molecule has 0 spiro atoms. The SMILES string of the molecule is COc1cccc(Oc2cc(C)nc([C@@H]3CCN(C(=O)C(C)C)C3)n2)c1. The zero-order valence-electron chi connectivity index (χ0n) is 15.7. The summed E-state index contributed by atoms with van der Waals surface area (Å²) >= 11 is 0. The van der Waals surface area contributed by atoms with E-state index in [4.69, 9.17) is 9.47 Å². The van der Waals surface area contributed by atoms with Gasteiger partial charge in [0.1, 0.15) is 17.3 Å². The van der Waals surface area contributed by atoms with Gasteiger partial charge in [-0.3, -0.25) is 4.79 Å². The highest BCUT2D eigenvalue weighted by atomic mass is 16.5. The largest absolute Gasteiger partial charge is 0.497 e. The van der Waals surface area contributed by atoms with Gasteiger partial charge in [-0.15, -0.1) is 0 Å². The third kappa shape index (κ3) is 4.12. The summed E-state index contributed by atoms with van der Waals surface area (Å²) < 4.78 is 11.1. The Kier molecular flexibility index (Phi) is 5.40. The molecular formula is C20H25N3O3.